The lowest BCUT2D eigenvalue weighted by atomic mass is 10.2. The van der Waals surface area contributed by atoms with Crippen LogP contribution in [0.5, 0.6) is 0 Å². The normalized spacial score (nSPS) is 10.7. The maximum absolute atomic E-state index is 5.82. The van der Waals surface area contributed by atoms with Crippen LogP contribution >= 0.6 is 22.9 Å². The number of halogens is 1. The number of tetrazole rings is 1. The molecule has 0 spiro atoms. The van der Waals surface area contributed by atoms with Crippen LogP contribution in [-0.2, 0) is 6.54 Å². The summed E-state index contributed by atoms with van der Waals surface area (Å²) >= 11 is 7.29. The van der Waals surface area contributed by atoms with E-state index < -0.39 is 0 Å². The van der Waals surface area contributed by atoms with Gasteiger partial charge in [0.05, 0.1) is 12.2 Å². The molecule has 2 aromatic heterocycles. The van der Waals surface area contributed by atoms with Gasteiger partial charge in [0.1, 0.15) is 6.33 Å². The van der Waals surface area contributed by atoms with E-state index in [1.165, 1.54) is 11.3 Å². The van der Waals surface area contributed by atoms with Crippen molar-refractivity contribution in [3.05, 3.63) is 45.6 Å². The first kappa shape index (κ1) is 13.0. The van der Waals surface area contributed by atoms with E-state index in [0.717, 1.165) is 21.8 Å². The van der Waals surface area contributed by atoms with Crippen molar-refractivity contribution >= 4 is 28.6 Å². The van der Waals surface area contributed by atoms with Crippen LogP contribution in [-0.4, -0.2) is 25.2 Å². The maximum Gasteiger partial charge on any atom is 0.183 e. The molecule has 0 saturated heterocycles. The van der Waals surface area contributed by atoms with Crippen LogP contribution in [0, 0.1) is 6.92 Å². The molecule has 1 N–H and O–H groups in total. The summed E-state index contributed by atoms with van der Waals surface area (Å²) in [6, 6.07) is 6.01. The van der Waals surface area contributed by atoms with E-state index in [1.807, 2.05) is 25.1 Å². The van der Waals surface area contributed by atoms with Gasteiger partial charge in [-0.05, 0) is 35.0 Å². The molecule has 8 heteroatoms. The van der Waals surface area contributed by atoms with Crippen LogP contribution in [0.25, 0.3) is 5.69 Å². The standard InChI is InChI=1S/C12H11ClN6S/c1-8-2-3-9(19-7-16-17-18-19)4-11(8)14-5-10-6-15-12(13)20-10/h2-4,6-7,14H,5H2,1H3. The lowest BCUT2D eigenvalue weighted by Gasteiger charge is -2.10. The molecule has 0 saturated carbocycles. The number of nitrogens with one attached hydrogen (secondary N) is 1. The van der Waals surface area contributed by atoms with Gasteiger partial charge in [0.2, 0.25) is 0 Å². The molecule has 0 radical (unpaired) electrons. The number of hydrogen-bond acceptors (Lipinski definition) is 6. The largest absolute Gasteiger partial charge is 0.380 e. The number of rotatable bonds is 4. The highest BCUT2D eigenvalue weighted by Gasteiger charge is 2.05. The molecule has 0 amide bonds. The predicted octanol–water partition coefficient (Wildman–Crippen LogP) is 2.69. The van der Waals surface area contributed by atoms with Gasteiger partial charge in [-0.25, -0.2) is 9.67 Å². The van der Waals surface area contributed by atoms with Crippen LogP contribution in [0.2, 0.25) is 4.47 Å². The number of aryl methyl sites for hydroxylation is 1. The van der Waals surface area contributed by atoms with Crippen molar-refractivity contribution in [1.29, 1.82) is 0 Å². The fourth-order valence-corrected chi connectivity index (χ4v) is 2.69. The van der Waals surface area contributed by atoms with Crippen molar-refractivity contribution in [2.24, 2.45) is 0 Å². The average molecular weight is 307 g/mol. The van der Waals surface area contributed by atoms with Gasteiger partial charge in [0.15, 0.2) is 4.47 Å². The Morgan fingerprint density at radius 2 is 2.30 bits per heavy atom. The highest BCUT2D eigenvalue weighted by molar-refractivity contribution is 7.15. The molecule has 0 unspecified atom stereocenters. The summed E-state index contributed by atoms with van der Waals surface area (Å²) in [7, 11) is 0. The van der Waals surface area contributed by atoms with Crippen LogP contribution in [0.3, 0.4) is 0 Å². The Kier molecular flexibility index (Phi) is 3.62. The monoisotopic (exact) mass is 306 g/mol. The first-order valence-corrected chi connectivity index (χ1v) is 7.10. The summed E-state index contributed by atoms with van der Waals surface area (Å²) in [5.74, 6) is 0. The van der Waals surface area contributed by atoms with Crippen molar-refractivity contribution in [3.63, 3.8) is 0 Å². The Balaban J connectivity index is 1.80. The number of hydrogen-bond donors (Lipinski definition) is 1. The predicted molar refractivity (Wildman–Crippen MR) is 78.3 cm³/mol. The molecule has 0 atom stereocenters. The van der Waals surface area contributed by atoms with E-state index in [-0.39, 0.29) is 0 Å². The molecule has 6 nitrogen and oxygen atoms in total. The van der Waals surface area contributed by atoms with Crippen molar-refractivity contribution in [2.75, 3.05) is 5.32 Å². The highest BCUT2D eigenvalue weighted by atomic mass is 35.5. The second kappa shape index (κ2) is 5.56. The first-order valence-electron chi connectivity index (χ1n) is 5.90. The van der Waals surface area contributed by atoms with E-state index >= 15 is 0 Å². The summed E-state index contributed by atoms with van der Waals surface area (Å²) in [6.07, 6.45) is 3.35. The van der Waals surface area contributed by atoms with Crippen molar-refractivity contribution in [1.82, 2.24) is 25.2 Å². The zero-order chi connectivity index (χ0) is 13.9. The molecule has 3 aromatic rings. The van der Waals surface area contributed by atoms with Crippen molar-refractivity contribution in [2.45, 2.75) is 13.5 Å². The van der Waals surface area contributed by atoms with Gasteiger partial charge in [-0.15, -0.1) is 16.4 Å². The maximum atomic E-state index is 5.82. The van der Waals surface area contributed by atoms with Gasteiger partial charge in [-0.2, -0.15) is 0 Å². The molecular formula is C12H11ClN6S. The quantitative estimate of drug-likeness (QED) is 0.802. The first-order chi connectivity index (χ1) is 9.72. The fraction of sp³-hybridized carbons (Fsp3) is 0.167. The molecule has 0 bridgehead atoms. The lowest BCUT2D eigenvalue weighted by Crippen LogP contribution is -2.02. The Bertz CT molecular complexity index is 709. The molecular weight excluding hydrogens is 296 g/mol. The van der Waals surface area contributed by atoms with Crippen LogP contribution in [0.1, 0.15) is 10.4 Å². The highest BCUT2D eigenvalue weighted by Crippen LogP contribution is 2.22. The summed E-state index contributed by atoms with van der Waals surface area (Å²) in [5, 5.41) is 14.5. The Morgan fingerprint density at radius 3 is 3.00 bits per heavy atom. The zero-order valence-corrected chi connectivity index (χ0v) is 12.2. The number of nitrogens with zero attached hydrogens (tertiary/aromatic N) is 5. The Labute approximate surface area is 124 Å². The van der Waals surface area contributed by atoms with Crippen LogP contribution in [0.15, 0.2) is 30.7 Å². The summed E-state index contributed by atoms with van der Waals surface area (Å²) in [6.45, 7) is 2.73. The molecule has 2 heterocycles. The molecule has 0 aliphatic carbocycles. The minimum absolute atomic E-state index is 0.556. The Hall–Kier alpha value is -1.99. The average Bonchev–Trinajstić information content (AvgIpc) is 3.09. The number of anilines is 1. The minimum atomic E-state index is 0.556. The topological polar surface area (TPSA) is 68.5 Å². The van der Waals surface area contributed by atoms with Crippen LogP contribution in [0.4, 0.5) is 5.69 Å². The molecule has 0 fully saturated rings. The van der Waals surface area contributed by atoms with Gasteiger partial charge in [0, 0.05) is 16.8 Å². The third-order valence-electron chi connectivity index (χ3n) is 2.81. The molecule has 0 aliphatic rings. The summed E-state index contributed by atoms with van der Waals surface area (Å²) in [4.78, 5) is 5.11. The molecule has 3 rings (SSSR count). The van der Waals surface area contributed by atoms with Gasteiger partial charge < -0.3 is 5.32 Å². The van der Waals surface area contributed by atoms with Crippen LogP contribution < -0.4 is 5.32 Å². The van der Waals surface area contributed by atoms with E-state index in [1.54, 1.807) is 17.2 Å². The van der Waals surface area contributed by atoms with Gasteiger partial charge in [-0.3, -0.25) is 0 Å². The molecule has 0 aliphatic heterocycles. The smallest absolute Gasteiger partial charge is 0.183 e. The van der Waals surface area contributed by atoms with Gasteiger partial charge in [-0.1, -0.05) is 17.7 Å². The van der Waals surface area contributed by atoms with Crippen molar-refractivity contribution in [3.8, 4) is 5.69 Å². The lowest BCUT2D eigenvalue weighted by molar-refractivity contribution is 0.789. The van der Waals surface area contributed by atoms with E-state index in [0.29, 0.717) is 11.0 Å². The molecule has 102 valence electrons. The second-order valence-corrected chi connectivity index (χ2v) is 5.88. The zero-order valence-electron chi connectivity index (χ0n) is 10.6. The fourth-order valence-electron chi connectivity index (χ4n) is 1.77. The van der Waals surface area contributed by atoms with Crippen molar-refractivity contribution < 1.29 is 0 Å². The third-order valence-corrected chi connectivity index (χ3v) is 3.93. The molecule has 20 heavy (non-hydrogen) atoms. The summed E-state index contributed by atoms with van der Waals surface area (Å²) < 4.78 is 2.18. The number of benzene rings is 1. The SMILES string of the molecule is Cc1ccc(-n2cnnn2)cc1NCc1cnc(Cl)s1. The third kappa shape index (κ3) is 2.78. The van der Waals surface area contributed by atoms with E-state index in [9.17, 15) is 0 Å². The van der Waals surface area contributed by atoms with E-state index in [2.05, 4.69) is 25.8 Å². The van der Waals surface area contributed by atoms with Gasteiger partial charge in [0.25, 0.3) is 0 Å². The number of thiazole rings is 1. The number of aromatic nitrogens is 5. The Morgan fingerprint density at radius 1 is 1.40 bits per heavy atom. The minimum Gasteiger partial charge on any atom is -0.380 e. The molecule has 1 aromatic carbocycles. The van der Waals surface area contributed by atoms with Gasteiger partial charge >= 0.3 is 0 Å². The second-order valence-electron chi connectivity index (χ2n) is 4.19. The summed E-state index contributed by atoms with van der Waals surface area (Å²) in [5.41, 5.74) is 3.09. The van der Waals surface area contributed by atoms with E-state index in [4.69, 9.17) is 11.6 Å².